The molecule has 0 radical (unpaired) electrons. The topological polar surface area (TPSA) is 42.0 Å². The molecule has 0 aliphatic heterocycles. The minimum absolute atomic E-state index is 0.0330. The number of pyridine rings is 1. The summed E-state index contributed by atoms with van der Waals surface area (Å²) in [5.74, 6) is -0.0330. The monoisotopic (exact) mass is 294 g/mol. The van der Waals surface area contributed by atoms with Crippen LogP contribution >= 0.6 is 11.6 Å². The molecule has 110 valence electrons. The van der Waals surface area contributed by atoms with Crippen LogP contribution in [0.1, 0.15) is 62.5 Å². The second-order valence-corrected chi connectivity index (χ2v) is 6.88. The first-order chi connectivity index (χ1) is 9.39. The van der Waals surface area contributed by atoms with Gasteiger partial charge >= 0.3 is 0 Å². The highest BCUT2D eigenvalue weighted by molar-refractivity contribution is 6.29. The van der Waals surface area contributed by atoms with E-state index in [1.807, 2.05) is 6.07 Å². The summed E-state index contributed by atoms with van der Waals surface area (Å²) in [6, 6.07) is 3.78. The van der Waals surface area contributed by atoms with Crippen molar-refractivity contribution in [2.45, 2.75) is 58.9 Å². The van der Waals surface area contributed by atoms with Crippen molar-refractivity contribution in [3.63, 3.8) is 0 Å². The van der Waals surface area contributed by atoms with Gasteiger partial charge in [0.25, 0.3) is 5.91 Å². The fraction of sp³-hybridized carbons (Fsp3) is 0.625. The molecular formula is C16H23ClN2O. The van der Waals surface area contributed by atoms with Crippen LogP contribution in [0.2, 0.25) is 5.15 Å². The first kappa shape index (κ1) is 15.3. The predicted octanol–water partition coefficient (Wildman–Crippen LogP) is 4.00. The van der Waals surface area contributed by atoms with Crippen LogP contribution in [0.3, 0.4) is 0 Å². The van der Waals surface area contributed by atoms with Gasteiger partial charge in [0.05, 0.1) is 0 Å². The van der Waals surface area contributed by atoms with Crippen LogP contribution in [0.25, 0.3) is 0 Å². The predicted molar refractivity (Wildman–Crippen MR) is 82.1 cm³/mol. The van der Waals surface area contributed by atoms with Crippen LogP contribution in [0, 0.1) is 5.41 Å². The summed E-state index contributed by atoms with van der Waals surface area (Å²) in [5, 5.41) is 3.52. The molecule has 1 fully saturated rings. The molecule has 1 aromatic rings. The molecule has 1 N–H and O–H groups in total. The number of nitrogens with one attached hydrogen (secondary N) is 1. The highest BCUT2D eigenvalue weighted by atomic mass is 35.5. The van der Waals surface area contributed by atoms with Crippen molar-refractivity contribution in [3.8, 4) is 0 Å². The van der Waals surface area contributed by atoms with Crippen molar-refractivity contribution < 1.29 is 4.79 Å². The van der Waals surface area contributed by atoms with E-state index in [1.165, 1.54) is 0 Å². The second kappa shape index (κ2) is 6.13. The van der Waals surface area contributed by atoms with Gasteiger partial charge in [0.2, 0.25) is 0 Å². The molecule has 1 amide bonds. The molecule has 2 rings (SSSR count). The van der Waals surface area contributed by atoms with Crippen LogP contribution < -0.4 is 5.32 Å². The normalized spacial score (nSPS) is 20.9. The fourth-order valence-corrected chi connectivity index (χ4v) is 3.12. The summed E-state index contributed by atoms with van der Waals surface area (Å²) in [7, 11) is 0. The van der Waals surface area contributed by atoms with E-state index < -0.39 is 0 Å². The van der Waals surface area contributed by atoms with Crippen molar-refractivity contribution in [3.05, 3.63) is 28.5 Å². The fourth-order valence-electron chi connectivity index (χ4n) is 2.89. The smallest absolute Gasteiger partial charge is 0.251 e. The van der Waals surface area contributed by atoms with E-state index in [9.17, 15) is 4.79 Å². The van der Waals surface area contributed by atoms with E-state index >= 15 is 0 Å². The SMILES string of the molecule is CCCc1cc(C(=O)NC2CCC(C)(C)C2)cc(Cl)n1. The molecule has 1 aliphatic rings. The quantitative estimate of drug-likeness (QED) is 0.853. The maximum Gasteiger partial charge on any atom is 0.251 e. The Kier molecular flexibility index (Phi) is 4.69. The summed E-state index contributed by atoms with van der Waals surface area (Å²) >= 11 is 6.00. The van der Waals surface area contributed by atoms with Gasteiger partial charge in [-0.2, -0.15) is 0 Å². The minimum Gasteiger partial charge on any atom is -0.349 e. The maximum atomic E-state index is 12.3. The standard InChI is InChI=1S/C16H23ClN2O/c1-4-5-12-8-11(9-14(17)18-12)15(20)19-13-6-7-16(2,3)10-13/h8-9,13H,4-7,10H2,1-3H3,(H,19,20). The van der Waals surface area contributed by atoms with Crippen molar-refractivity contribution in [1.82, 2.24) is 10.3 Å². The molecule has 0 saturated heterocycles. The number of aryl methyl sites for hydroxylation is 1. The van der Waals surface area contributed by atoms with Crippen LogP contribution in [0.4, 0.5) is 0 Å². The summed E-state index contributed by atoms with van der Waals surface area (Å²) in [6.07, 6.45) is 5.09. The van der Waals surface area contributed by atoms with E-state index in [4.69, 9.17) is 11.6 Å². The Hall–Kier alpha value is -1.09. The molecule has 20 heavy (non-hydrogen) atoms. The lowest BCUT2D eigenvalue weighted by molar-refractivity contribution is 0.0936. The summed E-state index contributed by atoms with van der Waals surface area (Å²) < 4.78 is 0. The molecule has 1 aromatic heterocycles. The number of carbonyl (C=O) groups is 1. The Morgan fingerprint density at radius 1 is 1.50 bits per heavy atom. The summed E-state index contributed by atoms with van der Waals surface area (Å²) in [5.41, 5.74) is 1.84. The lowest BCUT2D eigenvalue weighted by Crippen LogP contribution is -2.33. The van der Waals surface area contributed by atoms with Crippen molar-refractivity contribution in [1.29, 1.82) is 0 Å². The van der Waals surface area contributed by atoms with E-state index in [1.54, 1.807) is 6.07 Å². The van der Waals surface area contributed by atoms with Crippen LogP contribution in [-0.4, -0.2) is 16.9 Å². The Balaban J connectivity index is 2.05. The van der Waals surface area contributed by atoms with E-state index in [0.717, 1.165) is 37.8 Å². The molecule has 0 aromatic carbocycles. The van der Waals surface area contributed by atoms with Gasteiger partial charge in [0.15, 0.2) is 0 Å². The van der Waals surface area contributed by atoms with Crippen LogP contribution in [0.15, 0.2) is 12.1 Å². The third-order valence-corrected chi connectivity index (χ3v) is 4.11. The third-order valence-electron chi connectivity index (χ3n) is 3.92. The average Bonchev–Trinajstić information content (AvgIpc) is 2.68. The third kappa shape index (κ3) is 3.95. The average molecular weight is 295 g/mol. The summed E-state index contributed by atoms with van der Waals surface area (Å²) in [4.78, 5) is 16.6. The number of amides is 1. The molecule has 1 saturated carbocycles. The van der Waals surface area contributed by atoms with E-state index in [0.29, 0.717) is 16.1 Å². The van der Waals surface area contributed by atoms with Gasteiger partial charge in [0, 0.05) is 17.3 Å². The first-order valence-electron chi connectivity index (χ1n) is 7.37. The number of rotatable bonds is 4. The van der Waals surface area contributed by atoms with Gasteiger partial charge in [-0.3, -0.25) is 4.79 Å². The molecule has 0 spiro atoms. The highest BCUT2D eigenvalue weighted by Crippen LogP contribution is 2.37. The number of halogens is 1. The number of nitrogens with zero attached hydrogens (tertiary/aromatic N) is 1. The zero-order valence-electron chi connectivity index (χ0n) is 12.5. The van der Waals surface area contributed by atoms with Gasteiger partial charge < -0.3 is 5.32 Å². The molecule has 3 nitrogen and oxygen atoms in total. The van der Waals surface area contributed by atoms with Crippen LogP contribution in [-0.2, 0) is 6.42 Å². The summed E-state index contributed by atoms with van der Waals surface area (Å²) in [6.45, 7) is 6.59. The Morgan fingerprint density at radius 2 is 2.25 bits per heavy atom. The van der Waals surface area contributed by atoms with E-state index in [-0.39, 0.29) is 11.9 Å². The van der Waals surface area contributed by atoms with Gasteiger partial charge in [-0.1, -0.05) is 38.8 Å². The number of hydrogen-bond donors (Lipinski definition) is 1. The zero-order valence-corrected chi connectivity index (χ0v) is 13.3. The van der Waals surface area contributed by atoms with Gasteiger partial charge in [-0.15, -0.1) is 0 Å². The number of aromatic nitrogens is 1. The number of carbonyl (C=O) groups excluding carboxylic acids is 1. The Labute approximate surface area is 126 Å². The largest absolute Gasteiger partial charge is 0.349 e. The molecule has 0 bridgehead atoms. The Morgan fingerprint density at radius 3 is 2.85 bits per heavy atom. The molecular weight excluding hydrogens is 272 g/mol. The molecule has 1 atom stereocenters. The molecule has 1 aliphatic carbocycles. The van der Waals surface area contributed by atoms with Crippen LogP contribution in [0.5, 0.6) is 0 Å². The maximum absolute atomic E-state index is 12.3. The lowest BCUT2D eigenvalue weighted by atomic mass is 9.92. The minimum atomic E-state index is -0.0330. The first-order valence-corrected chi connectivity index (χ1v) is 7.75. The van der Waals surface area contributed by atoms with Gasteiger partial charge in [0.1, 0.15) is 5.15 Å². The van der Waals surface area contributed by atoms with E-state index in [2.05, 4.69) is 31.1 Å². The van der Waals surface area contributed by atoms with Crippen molar-refractivity contribution >= 4 is 17.5 Å². The van der Waals surface area contributed by atoms with Crippen molar-refractivity contribution in [2.24, 2.45) is 5.41 Å². The van der Waals surface area contributed by atoms with Gasteiger partial charge in [-0.25, -0.2) is 4.98 Å². The number of hydrogen-bond acceptors (Lipinski definition) is 2. The Bertz CT molecular complexity index is 499. The molecule has 1 heterocycles. The zero-order chi connectivity index (χ0) is 14.8. The molecule has 1 unspecified atom stereocenters. The molecule has 4 heteroatoms. The second-order valence-electron chi connectivity index (χ2n) is 6.50. The van der Waals surface area contributed by atoms with Gasteiger partial charge in [-0.05, 0) is 43.2 Å². The van der Waals surface area contributed by atoms with Crippen molar-refractivity contribution in [2.75, 3.05) is 0 Å². The highest BCUT2D eigenvalue weighted by Gasteiger charge is 2.31. The lowest BCUT2D eigenvalue weighted by Gasteiger charge is -2.18.